The Hall–Kier alpha value is -2.88. The molecule has 4 heterocycles. The standard InChI is InChI=1S/C21H21FN4O4/c22-15-3-5-16(6-4-15)29-17-12-27-18-9-26(10-19(18)28-13-17)11-20-24-25-21(30-20)14-2-1-7-23-8-14/h1-8,17-19H,9-13H2/t18-,19-/m0/s1. The van der Waals surface area contributed by atoms with Crippen LogP contribution in [0.25, 0.3) is 11.5 Å². The summed E-state index contributed by atoms with van der Waals surface area (Å²) in [7, 11) is 0. The van der Waals surface area contributed by atoms with E-state index in [1.807, 2.05) is 12.1 Å². The van der Waals surface area contributed by atoms with Gasteiger partial charge in [-0.1, -0.05) is 0 Å². The van der Waals surface area contributed by atoms with Gasteiger partial charge in [0.1, 0.15) is 17.7 Å². The SMILES string of the molecule is Fc1ccc(OC2CO[C@H]3CN(Cc4nnc(-c5cccnc5)o4)C[C@@H]3OC2)cc1. The van der Waals surface area contributed by atoms with Crippen molar-refractivity contribution in [1.29, 1.82) is 0 Å². The first kappa shape index (κ1) is 19.1. The number of nitrogens with zero attached hydrogens (tertiary/aromatic N) is 4. The van der Waals surface area contributed by atoms with Gasteiger partial charge < -0.3 is 18.6 Å². The van der Waals surface area contributed by atoms with Crippen molar-refractivity contribution in [3.8, 4) is 17.2 Å². The van der Waals surface area contributed by atoms with Crippen molar-refractivity contribution in [2.24, 2.45) is 0 Å². The second-order valence-electron chi connectivity index (χ2n) is 7.37. The molecular weight excluding hydrogens is 391 g/mol. The Kier molecular flexibility index (Phi) is 5.39. The predicted molar refractivity (Wildman–Crippen MR) is 103 cm³/mol. The normalized spacial score (nSPS) is 22.6. The molecule has 5 rings (SSSR count). The van der Waals surface area contributed by atoms with Crippen LogP contribution in [-0.2, 0) is 16.0 Å². The molecule has 2 aliphatic rings. The Morgan fingerprint density at radius 3 is 2.50 bits per heavy atom. The lowest BCUT2D eigenvalue weighted by Gasteiger charge is -2.18. The van der Waals surface area contributed by atoms with Gasteiger partial charge in [-0.15, -0.1) is 10.2 Å². The molecule has 156 valence electrons. The van der Waals surface area contributed by atoms with Crippen LogP contribution in [0.3, 0.4) is 0 Å². The summed E-state index contributed by atoms with van der Waals surface area (Å²) in [5.41, 5.74) is 0.793. The van der Waals surface area contributed by atoms with E-state index in [1.54, 1.807) is 24.5 Å². The van der Waals surface area contributed by atoms with Gasteiger partial charge in [0.2, 0.25) is 11.8 Å². The Labute approximate surface area is 172 Å². The predicted octanol–water partition coefficient (Wildman–Crippen LogP) is 2.32. The fourth-order valence-corrected chi connectivity index (χ4v) is 3.67. The molecule has 0 spiro atoms. The highest BCUT2D eigenvalue weighted by Crippen LogP contribution is 2.24. The minimum atomic E-state index is -0.292. The third kappa shape index (κ3) is 4.33. The highest BCUT2D eigenvalue weighted by atomic mass is 19.1. The Morgan fingerprint density at radius 2 is 1.80 bits per heavy atom. The number of pyridine rings is 1. The summed E-state index contributed by atoms with van der Waals surface area (Å²) in [6.45, 7) is 2.77. The van der Waals surface area contributed by atoms with Gasteiger partial charge in [-0.25, -0.2) is 4.39 Å². The number of aromatic nitrogens is 3. The van der Waals surface area contributed by atoms with Crippen LogP contribution < -0.4 is 4.74 Å². The van der Waals surface area contributed by atoms with E-state index in [0.717, 1.165) is 5.56 Å². The molecule has 2 aliphatic heterocycles. The maximum Gasteiger partial charge on any atom is 0.249 e. The molecule has 0 unspecified atom stereocenters. The summed E-state index contributed by atoms with van der Waals surface area (Å²) in [5, 5.41) is 8.25. The Bertz CT molecular complexity index is 953. The van der Waals surface area contributed by atoms with Crippen molar-refractivity contribution in [3.05, 3.63) is 60.5 Å². The molecule has 9 heteroatoms. The van der Waals surface area contributed by atoms with Crippen LogP contribution >= 0.6 is 0 Å². The largest absolute Gasteiger partial charge is 0.486 e. The van der Waals surface area contributed by atoms with Gasteiger partial charge in [-0.2, -0.15) is 0 Å². The number of ether oxygens (including phenoxy) is 3. The zero-order valence-corrected chi connectivity index (χ0v) is 16.2. The summed E-state index contributed by atoms with van der Waals surface area (Å²) >= 11 is 0. The number of benzene rings is 1. The number of hydrogen-bond acceptors (Lipinski definition) is 8. The van der Waals surface area contributed by atoms with Crippen molar-refractivity contribution in [1.82, 2.24) is 20.1 Å². The van der Waals surface area contributed by atoms with E-state index < -0.39 is 0 Å². The van der Waals surface area contributed by atoms with Crippen molar-refractivity contribution < 1.29 is 23.0 Å². The number of hydrogen-bond donors (Lipinski definition) is 0. The van der Waals surface area contributed by atoms with Crippen LogP contribution in [0.4, 0.5) is 4.39 Å². The first-order chi connectivity index (χ1) is 14.7. The van der Waals surface area contributed by atoms with Crippen LogP contribution in [0.5, 0.6) is 5.75 Å². The molecule has 8 nitrogen and oxygen atoms in total. The molecule has 0 amide bonds. The summed E-state index contributed by atoms with van der Waals surface area (Å²) < 4.78 is 36.7. The lowest BCUT2D eigenvalue weighted by molar-refractivity contribution is -0.00461. The second-order valence-corrected chi connectivity index (χ2v) is 7.37. The average Bonchev–Trinajstić information content (AvgIpc) is 3.35. The summed E-state index contributed by atoms with van der Waals surface area (Å²) in [6, 6.07) is 9.66. The minimum Gasteiger partial charge on any atom is -0.486 e. The first-order valence-corrected chi connectivity index (χ1v) is 9.83. The second kappa shape index (κ2) is 8.47. The molecule has 2 fully saturated rings. The van der Waals surface area contributed by atoms with Gasteiger partial charge in [-0.3, -0.25) is 9.88 Å². The van der Waals surface area contributed by atoms with Gasteiger partial charge in [0.15, 0.2) is 0 Å². The van der Waals surface area contributed by atoms with Gasteiger partial charge in [0.05, 0.1) is 37.5 Å². The number of rotatable bonds is 5. The average molecular weight is 412 g/mol. The van der Waals surface area contributed by atoms with E-state index in [9.17, 15) is 4.39 Å². The van der Waals surface area contributed by atoms with E-state index in [2.05, 4.69) is 20.1 Å². The molecule has 30 heavy (non-hydrogen) atoms. The lowest BCUT2D eigenvalue weighted by atomic mass is 10.3. The smallest absolute Gasteiger partial charge is 0.249 e. The summed E-state index contributed by atoms with van der Waals surface area (Å²) in [6.07, 6.45) is 3.06. The van der Waals surface area contributed by atoms with Crippen molar-refractivity contribution >= 4 is 0 Å². The number of likely N-dealkylation sites (tertiary alicyclic amines) is 1. The molecule has 0 saturated carbocycles. The molecule has 3 aromatic rings. The fraction of sp³-hybridized carbons (Fsp3) is 0.381. The third-order valence-electron chi connectivity index (χ3n) is 5.13. The summed E-state index contributed by atoms with van der Waals surface area (Å²) in [4.78, 5) is 6.25. The maximum atomic E-state index is 13.0. The van der Waals surface area contributed by atoms with E-state index in [1.165, 1.54) is 12.1 Å². The molecule has 2 atom stereocenters. The molecule has 0 radical (unpaired) electrons. The molecule has 0 aliphatic carbocycles. The highest BCUT2D eigenvalue weighted by Gasteiger charge is 2.38. The molecule has 1 aromatic carbocycles. The topological polar surface area (TPSA) is 82.7 Å². The van der Waals surface area contributed by atoms with E-state index >= 15 is 0 Å². The number of halogens is 1. The molecular formula is C21H21FN4O4. The molecule has 0 N–H and O–H groups in total. The van der Waals surface area contributed by atoms with Crippen molar-refractivity contribution in [3.63, 3.8) is 0 Å². The minimum absolute atomic E-state index is 0.0486. The monoisotopic (exact) mass is 412 g/mol. The van der Waals surface area contributed by atoms with Gasteiger partial charge in [-0.05, 0) is 36.4 Å². The van der Waals surface area contributed by atoms with Crippen LogP contribution in [0, 0.1) is 5.82 Å². The van der Waals surface area contributed by atoms with Crippen LogP contribution in [0.15, 0.2) is 53.2 Å². The van der Waals surface area contributed by atoms with Crippen LogP contribution in [0.2, 0.25) is 0 Å². The lowest BCUT2D eigenvalue weighted by Crippen LogP contribution is -2.29. The molecule has 2 saturated heterocycles. The van der Waals surface area contributed by atoms with E-state index in [-0.39, 0.29) is 24.1 Å². The van der Waals surface area contributed by atoms with Gasteiger partial charge >= 0.3 is 0 Å². The van der Waals surface area contributed by atoms with Crippen LogP contribution in [0.1, 0.15) is 5.89 Å². The zero-order chi connectivity index (χ0) is 20.3. The van der Waals surface area contributed by atoms with Crippen LogP contribution in [-0.4, -0.2) is 64.7 Å². The third-order valence-corrected chi connectivity index (χ3v) is 5.13. The van der Waals surface area contributed by atoms with Crippen molar-refractivity contribution in [2.45, 2.75) is 24.9 Å². The van der Waals surface area contributed by atoms with Gasteiger partial charge in [0.25, 0.3) is 0 Å². The zero-order valence-electron chi connectivity index (χ0n) is 16.2. The Balaban J connectivity index is 1.14. The molecule has 2 aromatic heterocycles. The fourth-order valence-electron chi connectivity index (χ4n) is 3.67. The van der Waals surface area contributed by atoms with Crippen molar-refractivity contribution in [2.75, 3.05) is 26.3 Å². The highest BCUT2D eigenvalue weighted by molar-refractivity contribution is 5.49. The van der Waals surface area contributed by atoms with Gasteiger partial charge in [0, 0.05) is 25.5 Å². The first-order valence-electron chi connectivity index (χ1n) is 9.83. The van der Waals surface area contributed by atoms with E-state index in [4.69, 9.17) is 18.6 Å². The quantitative estimate of drug-likeness (QED) is 0.632. The summed E-state index contributed by atoms with van der Waals surface area (Å²) in [5.74, 6) is 1.31. The molecule has 0 bridgehead atoms. The Morgan fingerprint density at radius 1 is 1.03 bits per heavy atom. The maximum absolute atomic E-state index is 13.0. The van der Waals surface area contributed by atoms with E-state index in [0.29, 0.717) is 50.4 Å². The number of fused-ring (bicyclic) bond motifs is 1.